The molecule has 3 aliphatic carbocycles. The van der Waals surface area contributed by atoms with Crippen molar-refractivity contribution in [2.24, 2.45) is 16.7 Å². The van der Waals surface area contributed by atoms with E-state index in [4.69, 9.17) is 112 Å². The molecule has 2 bridgehead atoms. The zero-order valence-electron chi connectivity index (χ0n) is 41.0. The first-order chi connectivity index (χ1) is 34.7. The van der Waals surface area contributed by atoms with E-state index in [1.165, 1.54) is 90.1 Å². The molecule has 408 valence electrons. The Balaban J connectivity index is 1.47. The molecule has 75 heavy (non-hydrogen) atoms. The summed E-state index contributed by atoms with van der Waals surface area (Å²) in [7, 11) is 0. The van der Waals surface area contributed by atoms with Gasteiger partial charge in [-0.05, 0) is 56.5 Å². The van der Waals surface area contributed by atoms with Crippen LogP contribution in [0.5, 0.6) is 0 Å². The topological polar surface area (TPSA) is 263 Å². The first-order valence-electron chi connectivity index (χ1n) is 23.1. The number of ether oxygens (including phenoxy) is 9. The second kappa shape index (κ2) is 21.0. The number of hydrogen-bond donors (Lipinski definition) is 2. The summed E-state index contributed by atoms with van der Waals surface area (Å²) in [4.78, 5) is 114. The van der Waals surface area contributed by atoms with Gasteiger partial charge in [-0.3, -0.25) is 14.4 Å². The molecule has 2 saturated carbocycles. The summed E-state index contributed by atoms with van der Waals surface area (Å²) in [6.07, 6.45) is -17.3. The number of rotatable bonds is 12. The largest absolute Gasteiger partial charge is 0.509 e. The van der Waals surface area contributed by atoms with Gasteiger partial charge >= 0.3 is 36.3 Å². The Bertz CT molecular complexity index is 2660. The Labute approximate surface area is 459 Å². The van der Waals surface area contributed by atoms with Crippen molar-refractivity contribution >= 4 is 118 Å². The van der Waals surface area contributed by atoms with Gasteiger partial charge in [0.05, 0.1) is 23.5 Å². The van der Waals surface area contributed by atoms with E-state index in [-0.39, 0.29) is 22.3 Å². The van der Waals surface area contributed by atoms with Crippen LogP contribution in [0.2, 0.25) is 0 Å². The van der Waals surface area contributed by atoms with E-state index in [1.54, 1.807) is 12.1 Å². The molecule has 0 radical (unpaired) electrons. The zero-order valence-corrected chi connectivity index (χ0v) is 45.5. The number of fused-ring (bicyclic) bond motifs is 5. The van der Waals surface area contributed by atoms with Crippen LogP contribution < -0.4 is 0 Å². The molecule has 11 atom stereocenters. The Morgan fingerprint density at radius 1 is 0.813 bits per heavy atom. The lowest BCUT2D eigenvalue weighted by atomic mass is 9.44. The number of cyclic esters (lactones) is 1. The predicted octanol–water partition coefficient (Wildman–Crippen LogP) is 7.55. The minimum atomic E-state index is -2.71. The number of alkyl halides is 6. The van der Waals surface area contributed by atoms with Crippen LogP contribution in [0.25, 0.3) is 0 Å². The van der Waals surface area contributed by atoms with E-state index in [2.05, 4.69) is 0 Å². The van der Waals surface area contributed by atoms with Crippen molar-refractivity contribution in [1.29, 1.82) is 0 Å². The highest BCUT2D eigenvalue weighted by Crippen LogP contribution is 2.65. The lowest BCUT2D eigenvalue weighted by Crippen LogP contribution is -2.82. The van der Waals surface area contributed by atoms with Gasteiger partial charge in [-0.1, -0.05) is 132 Å². The number of halogens is 6. The molecule has 7 rings (SSSR count). The van der Waals surface area contributed by atoms with Crippen LogP contribution in [0, 0.1) is 16.7 Å². The number of imide groups is 1. The maximum Gasteiger partial charge on any atom is 0.509 e. The third kappa shape index (κ3) is 11.0. The van der Waals surface area contributed by atoms with Crippen molar-refractivity contribution in [3.8, 4) is 0 Å². The molecule has 2 amide bonds. The second-order valence-electron chi connectivity index (χ2n) is 19.9. The summed E-state index contributed by atoms with van der Waals surface area (Å²) < 4.78 is 47.7. The van der Waals surface area contributed by atoms with Crippen molar-refractivity contribution in [2.75, 3.05) is 19.8 Å². The number of esters is 3. The van der Waals surface area contributed by atoms with Crippen molar-refractivity contribution in [3.05, 3.63) is 82.9 Å². The Kier molecular flexibility index (Phi) is 16.2. The molecule has 5 aliphatic rings. The quantitative estimate of drug-likeness (QED) is 0.0899. The summed E-state index contributed by atoms with van der Waals surface area (Å²) in [5.74, 6) is -7.52. The molecular formula is C49H51Cl6NO19. The van der Waals surface area contributed by atoms with Crippen LogP contribution in [0.1, 0.15) is 83.3 Å². The summed E-state index contributed by atoms with van der Waals surface area (Å²) in [6.45, 7) is 6.74. The van der Waals surface area contributed by atoms with Crippen LogP contribution in [-0.4, -0.2) is 144 Å². The van der Waals surface area contributed by atoms with Gasteiger partial charge < -0.3 is 52.8 Å². The molecule has 0 spiro atoms. The van der Waals surface area contributed by atoms with Gasteiger partial charge in [-0.25, -0.2) is 28.9 Å². The van der Waals surface area contributed by atoms with Gasteiger partial charge in [0, 0.05) is 25.2 Å². The van der Waals surface area contributed by atoms with Gasteiger partial charge in [-0.2, -0.15) is 0 Å². The monoisotopic (exact) mass is 1170 g/mol. The molecule has 2 heterocycles. The van der Waals surface area contributed by atoms with Crippen LogP contribution in [0.15, 0.2) is 71.8 Å². The van der Waals surface area contributed by atoms with Gasteiger partial charge in [0.15, 0.2) is 29.2 Å². The highest BCUT2D eigenvalue weighted by molar-refractivity contribution is 6.68. The number of nitrogens with zero attached hydrogens (tertiary/aromatic N) is 1. The SMILES string of the molecule is CC(=O)O[C@@]12COC1CC(OC(=O)OCC(Cl)(Cl)Cl)[C@@]1(C)C(=O)C(OC(=O)OCC(Cl)(Cl)Cl)C3=C(C)C(OC(=O)C(O)C(c4ccccc4)N4C(=O)OC(C)(C)C4=O)C[C@@](O)(C(OC(=O)c4ccccc4)C21)C3(C)C. The molecule has 2 aliphatic heterocycles. The fourth-order valence-corrected chi connectivity index (χ4v) is 11.3. The lowest BCUT2D eigenvalue weighted by Gasteiger charge is -2.67. The number of aliphatic hydroxyl groups excluding tert-OH is 1. The summed E-state index contributed by atoms with van der Waals surface area (Å²) >= 11 is 35.4. The Morgan fingerprint density at radius 2 is 1.37 bits per heavy atom. The van der Waals surface area contributed by atoms with Crippen LogP contribution in [0.3, 0.4) is 0 Å². The van der Waals surface area contributed by atoms with Gasteiger partial charge in [-0.15, -0.1) is 0 Å². The maximum absolute atomic E-state index is 16.3. The second-order valence-corrected chi connectivity index (χ2v) is 25.0. The number of Topliss-reactive ketones (excluding diaryl/α,β-unsaturated/α-hetero) is 1. The van der Waals surface area contributed by atoms with Gasteiger partial charge in [0.2, 0.25) is 7.59 Å². The number of amides is 2. The third-order valence-corrected chi connectivity index (χ3v) is 15.2. The fraction of sp³-hybridized carbons (Fsp3) is 0.551. The Morgan fingerprint density at radius 3 is 1.88 bits per heavy atom. The van der Waals surface area contributed by atoms with E-state index >= 15 is 4.79 Å². The molecule has 26 heteroatoms. The summed E-state index contributed by atoms with van der Waals surface area (Å²) in [6, 6.07) is 13.1. The van der Waals surface area contributed by atoms with Gasteiger partial charge in [0.1, 0.15) is 49.3 Å². The highest BCUT2D eigenvalue weighted by atomic mass is 35.6. The van der Waals surface area contributed by atoms with E-state index in [9.17, 15) is 43.8 Å². The van der Waals surface area contributed by atoms with Gasteiger partial charge in [0.25, 0.3) is 5.91 Å². The van der Waals surface area contributed by atoms with Crippen LogP contribution in [0.4, 0.5) is 14.4 Å². The number of benzene rings is 2. The van der Waals surface area contributed by atoms with Crippen molar-refractivity contribution in [2.45, 2.75) is 128 Å². The molecular weight excluding hydrogens is 1120 g/mol. The average Bonchev–Trinajstić information content (AvgIpc) is 3.52. The predicted molar refractivity (Wildman–Crippen MR) is 263 cm³/mol. The minimum Gasteiger partial charge on any atom is -0.456 e. The molecule has 8 unspecified atom stereocenters. The van der Waals surface area contributed by atoms with Crippen LogP contribution >= 0.6 is 69.6 Å². The smallest absolute Gasteiger partial charge is 0.456 e. The number of hydrogen-bond acceptors (Lipinski definition) is 19. The highest BCUT2D eigenvalue weighted by Gasteiger charge is 2.79. The van der Waals surface area contributed by atoms with Crippen molar-refractivity contribution in [1.82, 2.24) is 4.90 Å². The maximum atomic E-state index is 16.3. The number of ketones is 1. The Hall–Kier alpha value is -4.64. The van der Waals surface area contributed by atoms with E-state index in [1.807, 2.05) is 0 Å². The van der Waals surface area contributed by atoms with E-state index < -0.39 is 164 Å². The number of aliphatic hydroxyl groups is 2. The van der Waals surface area contributed by atoms with Crippen molar-refractivity contribution < 1.29 is 91.2 Å². The third-order valence-electron chi connectivity index (χ3n) is 14.5. The first kappa shape index (κ1) is 58.1. The molecule has 2 N–H and O–H groups in total. The summed E-state index contributed by atoms with van der Waals surface area (Å²) in [5.41, 5.74) is -11.3. The van der Waals surface area contributed by atoms with Crippen molar-refractivity contribution in [3.63, 3.8) is 0 Å². The molecule has 2 saturated heterocycles. The average molecular weight is 1170 g/mol. The molecule has 20 nitrogen and oxygen atoms in total. The molecule has 4 fully saturated rings. The summed E-state index contributed by atoms with van der Waals surface area (Å²) in [5, 5.41) is 26.1. The normalized spacial score (nSPS) is 30.6. The molecule has 0 aromatic heterocycles. The lowest BCUT2D eigenvalue weighted by molar-refractivity contribution is -0.346. The van der Waals surface area contributed by atoms with Crippen LogP contribution in [-0.2, 0) is 61.8 Å². The molecule has 2 aromatic carbocycles. The van der Waals surface area contributed by atoms with E-state index in [0.29, 0.717) is 4.90 Å². The minimum absolute atomic E-state index is 0.0762. The number of carbonyl (C=O) groups is 8. The first-order valence-corrected chi connectivity index (χ1v) is 25.3. The van der Waals surface area contributed by atoms with E-state index in [0.717, 1.165) is 6.92 Å². The zero-order chi connectivity index (χ0) is 55.6. The standard InChI is InChI=1S/C49H51Cl6NO19/c1-23-27(70-38(61)32(58)31(25-14-10-8-11-15-25)56-39(62)44(5,6)75-40(56)63)19-47(66)36(73-37(60)26-16-12-9-13-17-26)34-45(7,35(59)33(30(23)43(47,3)4)72-42(65)69-22-49(53,54)55)28(71-41(64)68-21-48(50,51)52)18-29-46(34,20-67-29)74-24(2)57/h8-17,27-29,31-34,36,58,66H,18-22H2,1-7H3/t27?,28?,29?,31?,32?,33?,34?,36?,45-,46+,47-/m1/s1. The fourth-order valence-electron chi connectivity index (χ4n) is 10.9. The number of carbonyl (C=O) groups excluding carboxylic acids is 8. The molecule has 2 aromatic rings.